The standard InChI is InChI=1S/C30H36ClF3N4O4/c1-15-10-16(2)36-25(31)23(15)22(39)14-37(18-11-20-21(12-18)28(20,3)4)26(40)19-13-35-38(24(19)30(32,33)34)17-6-8-29(5,9-7-17)27(41)42/h10,13,17-18,20-21H,6-9,11-12,14H2,1-5H3,(H,41,42)/t17?,18?,20-,21+,29?. The Morgan fingerprint density at radius 3 is 2.24 bits per heavy atom. The first-order chi connectivity index (χ1) is 19.5. The smallest absolute Gasteiger partial charge is 0.433 e. The molecule has 12 heteroatoms. The number of amides is 1. The van der Waals surface area contributed by atoms with E-state index in [4.69, 9.17) is 11.6 Å². The van der Waals surface area contributed by atoms with Crippen LogP contribution in [0.2, 0.25) is 5.15 Å². The zero-order valence-corrected chi connectivity index (χ0v) is 25.1. The van der Waals surface area contributed by atoms with Gasteiger partial charge in [-0.2, -0.15) is 18.3 Å². The Bertz CT molecular complexity index is 1410. The molecule has 0 saturated heterocycles. The summed E-state index contributed by atoms with van der Waals surface area (Å²) in [6, 6.07) is 0.590. The Morgan fingerprint density at radius 2 is 1.71 bits per heavy atom. The lowest BCUT2D eigenvalue weighted by Crippen LogP contribution is -2.44. The molecule has 2 heterocycles. The number of alkyl halides is 3. The summed E-state index contributed by atoms with van der Waals surface area (Å²) in [5.41, 5.74) is -1.33. The van der Waals surface area contributed by atoms with Gasteiger partial charge in [-0.15, -0.1) is 0 Å². The van der Waals surface area contributed by atoms with E-state index in [2.05, 4.69) is 23.9 Å². The van der Waals surface area contributed by atoms with Gasteiger partial charge in [-0.3, -0.25) is 19.1 Å². The largest absolute Gasteiger partial charge is 0.481 e. The van der Waals surface area contributed by atoms with Crippen molar-refractivity contribution < 1.29 is 32.7 Å². The first kappa shape index (κ1) is 30.5. The minimum Gasteiger partial charge on any atom is -0.481 e. The highest BCUT2D eigenvalue weighted by Crippen LogP contribution is 2.67. The van der Waals surface area contributed by atoms with Crippen LogP contribution in [-0.2, 0) is 11.0 Å². The van der Waals surface area contributed by atoms with Gasteiger partial charge < -0.3 is 10.0 Å². The second-order valence-corrected chi connectivity index (χ2v) is 13.6. The molecule has 0 bridgehead atoms. The van der Waals surface area contributed by atoms with Gasteiger partial charge in [0.05, 0.1) is 35.3 Å². The zero-order valence-electron chi connectivity index (χ0n) is 24.4. The highest BCUT2D eigenvalue weighted by molar-refractivity contribution is 6.33. The highest BCUT2D eigenvalue weighted by Gasteiger charge is 2.63. The molecule has 3 aliphatic rings. The van der Waals surface area contributed by atoms with Crippen molar-refractivity contribution in [2.45, 2.75) is 91.4 Å². The van der Waals surface area contributed by atoms with Crippen molar-refractivity contribution in [2.75, 3.05) is 6.54 Å². The number of rotatable bonds is 7. The quantitative estimate of drug-likeness (QED) is 0.283. The summed E-state index contributed by atoms with van der Waals surface area (Å²) in [5.74, 6) is -1.71. The molecule has 228 valence electrons. The van der Waals surface area contributed by atoms with E-state index in [1.54, 1.807) is 26.8 Å². The van der Waals surface area contributed by atoms with E-state index in [0.29, 0.717) is 35.9 Å². The maximum atomic E-state index is 14.6. The number of halogens is 4. The molecular formula is C30H36ClF3N4O4. The summed E-state index contributed by atoms with van der Waals surface area (Å²) < 4.78 is 44.6. The molecule has 3 aliphatic carbocycles. The first-order valence-corrected chi connectivity index (χ1v) is 14.7. The highest BCUT2D eigenvalue weighted by atomic mass is 35.5. The number of hydrogen-bond acceptors (Lipinski definition) is 5. The normalized spacial score (nSPS) is 28.3. The van der Waals surface area contributed by atoms with Crippen LogP contribution in [0.1, 0.15) is 103 Å². The lowest BCUT2D eigenvalue weighted by molar-refractivity contribution is -0.152. The van der Waals surface area contributed by atoms with Crippen molar-refractivity contribution in [3.8, 4) is 0 Å². The second-order valence-electron chi connectivity index (χ2n) is 13.2. The Morgan fingerprint density at radius 1 is 1.12 bits per heavy atom. The molecule has 8 nitrogen and oxygen atoms in total. The number of pyridine rings is 1. The molecule has 1 amide bonds. The van der Waals surface area contributed by atoms with Crippen molar-refractivity contribution in [1.29, 1.82) is 0 Å². The van der Waals surface area contributed by atoms with Crippen LogP contribution in [0.15, 0.2) is 12.3 Å². The lowest BCUT2D eigenvalue weighted by Gasteiger charge is -2.35. The van der Waals surface area contributed by atoms with Gasteiger partial charge in [-0.1, -0.05) is 25.4 Å². The number of carbonyl (C=O) groups is 3. The number of aromatic nitrogens is 3. The minimum atomic E-state index is -4.90. The number of carboxylic acid groups (broad SMARTS) is 1. The van der Waals surface area contributed by atoms with E-state index in [0.717, 1.165) is 10.9 Å². The van der Waals surface area contributed by atoms with Gasteiger partial charge >= 0.3 is 12.1 Å². The number of aryl methyl sites for hydroxylation is 2. The summed E-state index contributed by atoms with van der Waals surface area (Å²) in [5, 5.41) is 13.6. The van der Waals surface area contributed by atoms with E-state index in [-0.39, 0.29) is 41.8 Å². The van der Waals surface area contributed by atoms with E-state index < -0.39 is 59.1 Å². The van der Waals surface area contributed by atoms with Crippen LogP contribution in [0.25, 0.3) is 0 Å². The molecule has 0 aromatic carbocycles. The molecule has 0 aliphatic heterocycles. The fourth-order valence-corrected chi connectivity index (χ4v) is 7.78. The molecule has 1 unspecified atom stereocenters. The number of carbonyl (C=O) groups excluding carboxylic acids is 2. The number of hydrogen-bond donors (Lipinski definition) is 1. The Kier molecular flexibility index (Phi) is 7.52. The molecule has 3 fully saturated rings. The van der Waals surface area contributed by atoms with Crippen molar-refractivity contribution in [1.82, 2.24) is 19.7 Å². The third-order valence-electron chi connectivity index (χ3n) is 10.2. The van der Waals surface area contributed by atoms with Crippen molar-refractivity contribution in [3.05, 3.63) is 45.5 Å². The van der Waals surface area contributed by atoms with Crippen molar-refractivity contribution in [2.24, 2.45) is 22.7 Å². The van der Waals surface area contributed by atoms with Crippen LogP contribution in [-0.4, -0.2) is 55.0 Å². The summed E-state index contributed by atoms with van der Waals surface area (Å²) in [4.78, 5) is 44.7. The van der Waals surface area contributed by atoms with Crippen LogP contribution in [0.4, 0.5) is 13.2 Å². The number of Topliss-reactive ketones (excluding diaryl/α,β-unsaturated/α-hetero) is 1. The zero-order chi connectivity index (χ0) is 30.9. The predicted octanol–water partition coefficient (Wildman–Crippen LogP) is 6.53. The summed E-state index contributed by atoms with van der Waals surface area (Å²) in [6.07, 6.45) is -2.00. The van der Waals surface area contributed by atoms with Gasteiger partial charge in [0.2, 0.25) is 0 Å². The summed E-state index contributed by atoms with van der Waals surface area (Å²) in [6.45, 7) is 8.88. The fourth-order valence-electron chi connectivity index (χ4n) is 7.39. The Labute approximate surface area is 247 Å². The molecule has 0 radical (unpaired) electrons. The van der Waals surface area contributed by atoms with Crippen molar-refractivity contribution >= 4 is 29.3 Å². The fraction of sp³-hybridized carbons (Fsp3) is 0.633. The number of ketones is 1. The topological polar surface area (TPSA) is 105 Å². The molecule has 2 aromatic rings. The minimum absolute atomic E-state index is 0.00485. The number of aliphatic carboxylic acids is 1. The first-order valence-electron chi connectivity index (χ1n) is 14.3. The van der Waals surface area contributed by atoms with Gasteiger partial charge in [-0.05, 0) is 88.2 Å². The number of nitrogens with zero attached hydrogens (tertiary/aromatic N) is 4. The number of fused-ring (bicyclic) bond motifs is 1. The Hall–Kier alpha value is -2.95. The Balaban J connectivity index is 1.48. The van der Waals surface area contributed by atoms with E-state index in [1.165, 1.54) is 4.90 Å². The van der Waals surface area contributed by atoms with Crippen molar-refractivity contribution in [3.63, 3.8) is 0 Å². The van der Waals surface area contributed by atoms with Gasteiger partial charge in [0.15, 0.2) is 11.5 Å². The predicted molar refractivity (Wildman–Crippen MR) is 148 cm³/mol. The maximum Gasteiger partial charge on any atom is 0.433 e. The monoisotopic (exact) mass is 608 g/mol. The molecule has 2 aromatic heterocycles. The summed E-state index contributed by atoms with van der Waals surface area (Å²) >= 11 is 6.32. The lowest BCUT2D eigenvalue weighted by atomic mass is 9.74. The molecular weight excluding hydrogens is 573 g/mol. The van der Waals surface area contributed by atoms with Crippen LogP contribution in [0.3, 0.4) is 0 Å². The number of carboxylic acids is 1. The molecule has 5 rings (SSSR count). The third kappa shape index (κ3) is 5.22. The van der Waals surface area contributed by atoms with E-state index in [9.17, 15) is 32.7 Å². The van der Waals surface area contributed by atoms with Gasteiger partial charge in [0.1, 0.15) is 5.15 Å². The molecule has 0 spiro atoms. The van der Waals surface area contributed by atoms with Gasteiger partial charge in [0.25, 0.3) is 5.91 Å². The molecule has 3 atom stereocenters. The van der Waals surface area contributed by atoms with Crippen LogP contribution in [0, 0.1) is 36.5 Å². The molecule has 1 N–H and O–H groups in total. The van der Waals surface area contributed by atoms with E-state index >= 15 is 0 Å². The van der Waals surface area contributed by atoms with Gasteiger partial charge in [0, 0.05) is 11.7 Å². The van der Waals surface area contributed by atoms with Crippen LogP contribution < -0.4 is 0 Å². The average molecular weight is 609 g/mol. The molecule has 42 heavy (non-hydrogen) atoms. The second kappa shape index (κ2) is 10.3. The van der Waals surface area contributed by atoms with Gasteiger partial charge in [-0.25, -0.2) is 4.98 Å². The van der Waals surface area contributed by atoms with E-state index in [1.807, 2.05) is 0 Å². The average Bonchev–Trinajstić information content (AvgIpc) is 3.30. The SMILES string of the molecule is Cc1cc(C)c(C(=O)CN(C(=O)c2cnn(C3CCC(C)(C(=O)O)CC3)c2C(F)(F)F)C2C[C@@H]3[C@H](C2)C3(C)C)c(Cl)n1. The summed E-state index contributed by atoms with van der Waals surface area (Å²) in [7, 11) is 0. The maximum absolute atomic E-state index is 14.6. The van der Waals surface area contributed by atoms with Crippen LogP contribution >= 0.6 is 11.6 Å². The molecule has 3 saturated carbocycles. The van der Waals surface area contributed by atoms with Crippen LogP contribution in [0.5, 0.6) is 0 Å². The third-order valence-corrected chi connectivity index (χ3v) is 10.4.